The third-order valence-electron chi connectivity index (χ3n) is 2.12. The molecule has 1 amide bonds. The van der Waals surface area contributed by atoms with Gasteiger partial charge < -0.3 is 5.32 Å². The molecule has 0 atom stereocenters. The van der Waals surface area contributed by atoms with Crippen LogP contribution in [-0.2, 0) is 11.0 Å². The summed E-state index contributed by atoms with van der Waals surface area (Å²) < 4.78 is 38.2. The zero-order valence-electron chi connectivity index (χ0n) is 9.33. The molecule has 5 nitrogen and oxygen atoms in total. The normalized spacial score (nSPS) is 11.2. The fourth-order valence-corrected chi connectivity index (χ4v) is 1.46. The van der Waals surface area contributed by atoms with Crippen molar-refractivity contribution in [2.45, 2.75) is 12.6 Å². The van der Waals surface area contributed by atoms with Crippen molar-refractivity contribution in [2.75, 3.05) is 11.2 Å². The van der Waals surface area contributed by atoms with Crippen molar-refractivity contribution in [3.8, 4) is 0 Å². The number of carbonyl (C=O) groups excluding carboxylic acids is 1. The Morgan fingerprint density at radius 2 is 2.05 bits per heavy atom. The van der Waals surface area contributed by atoms with E-state index in [-0.39, 0.29) is 12.3 Å². The van der Waals surface area contributed by atoms with E-state index in [9.17, 15) is 28.1 Å². The standard InChI is InChI=1S/C10H8ClF3N2O3/c11-4-3-9(17)15-8-2-1-6(16(18)19)5-7(8)10(12,13)14/h1-2,5H,3-4H2,(H,15,17). The number of halogens is 4. The summed E-state index contributed by atoms with van der Waals surface area (Å²) in [5.41, 5.74) is -2.51. The molecule has 1 rings (SSSR count). The molecule has 0 saturated carbocycles. The van der Waals surface area contributed by atoms with E-state index in [1.54, 1.807) is 0 Å². The van der Waals surface area contributed by atoms with E-state index in [4.69, 9.17) is 11.6 Å². The molecule has 1 aromatic carbocycles. The molecule has 19 heavy (non-hydrogen) atoms. The molecular formula is C10H8ClF3N2O3. The van der Waals surface area contributed by atoms with Crippen molar-refractivity contribution >= 4 is 28.9 Å². The summed E-state index contributed by atoms with van der Waals surface area (Å²) in [6.07, 6.45) is -4.97. The van der Waals surface area contributed by atoms with E-state index in [0.717, 1.165) is 12.1 Å². The van der Waals surface area contributed by atoms with Crippen LogP contribution in [0.5, 0.6) is 0 Å². The summed E-state index contributed by atoms with van der Waals surface area (Å²) in [5.74, 6) is -0.741. The number of nitro benzene ring substituents is 1. The van der Waals surface area contributed by atoms with Crippen LogP contribution in [0.25, 0.3) is 0 Å². The zero-order chi connectivity index (χ0) is 14.6. The summed E-state index contributed by atoms with van der Waals surface area (Å²) in [7, 11) is 0. The number of carbonyl (C=O) groups is 1. The molecule has 0 saturated heterocycles. The van der Waals surface area contributed by atoms with Gasteiger partial charge >= 0.3 is 6.18 Å². The number of nitrogens with zero attached hydrogens (tertiary/aromatic N) is 1. The Balaban J connectivity index is 3.17. The van der Waals surface area contributed by atoms with Crippen LogP contribution in [0.3, 0.4) is 0 Å². The number of alkyl halides is 4. The first kappa shape index (κ1) is 15.2. The maximum absolute atomic E-state index is 12.7. The van der Waals surface area contributed by atoms with Gasteiger partial charge in [-0.3, -0.25) is 14.9 Å². The van der Waals surface area contributed by atoms with Gasteiger partial charge in [0.05, 0.1) is 16.2 Å². The number of hydrogen-bond acceptors (Lipinski definition) is 3. The summed E-state index contributed by atoms with van der Waals surface area (Å²) in [6.45, 7) is 0. The van der Waals surface area contributed by atoms with E-state index >= 15 is 0 Å². The van der Waals surface area contributed by atoms with Crippen molar-refractivity contribution in [3.05, 3.63) is 33.9 Å². The van der Waals surface area contributed by atoms with Crippen molar-refractivity contribution in [1.82, 2.24) is 0 Å². The second-order valence-electron chi connectivity index (χ2n) is 3.47. The highest BCUT2D eigenvalue weighted by Gasteiger charge is 2.35. The van der Waals surface area contributed by atoms with Crippen LogP contribution in [0.2, 0.25) is 0 Å². The van der Waals surface area contributed by atoms with Gasteiger partial charge in [0.2, 0.25) is 5.91 Å². The second-order valence-corrected chi connectivity index (χ2v) is 3.85. The van der Waals surface area contributed by atoms with Crippen LogP contribution >= 0.6 is 11.6 Å². The van der Waals surface area contributed by atoms with E-state index in [1.807, 2.05) is 5.32 Å². The fourth-order valence-electron chi connectivity index (χ4n) is 1.29. The minimum absolute atomic E-state index is 0.0415. The lowest BCUT2D eigenvalue weighted by atomic mass is 10.1. The van der Waals surface area contributed by atoms with Gasteiger partial charge in [-0.25, -0.2) is 0 Å². The molecule has 0 unspecified atom stereocenters. The van der Waals surface area contributed by atoms with Crippen LogP contribution in [0.4, 0.5) is 24.5 Å². The Morgan fingerprint density at radius 3 is 2.53 bits per heavy atom. The number of rotatable bonds is 4. The lowest BCUT2D eigenvalue weighted by molar-refractivity contribution is -0.385. The van der Waals surface area contributed by atoms with Crippen molar-refractivity contribution in [2.24, 2.45) is 0 Å². The summed E-state index contributed by atoms with van der Waals surface area (Å²) in [6, 6.07) is 2.09. The lowest BCUT2D eigenvalue weighted by Crippen LogP contribution is -2.16. The average Bonchev–Trinajstić information content (AvgIpc) is 2.27. The monoisotopic (exact) mass is 296 g/mol. The Kier molecular flexibility index (Phi) is 4.71. The maximum atomic E-state index is 12.7. The van der Waals surface area contributed by atoms with E-state index < -0.39 is 33.9 Å². The molecular weight excluding hydrogens is 289 g/mol. The Bertz CT molecular complexity index is 505. The van der Waals surface area contributed by atoms with Gasteiger partial charge in [0.25, 0.3) is 5.69 Å². The molecule has 0 spiro atoms. The van der Waals surface area contributed by atoms with Gasteiger partial charge in [0, 0.05) is 24.4 Å². The minimum atomic E-state index is -4.81. The predicted octanol–water partition coefficient (Wildman–Crippen LogP) is 3.18. The molecule has 104 valence electrons. The molecule has 0 aromatic heterocycles. The first-order chi connectivity index (χ1) is 8.75. The van der Waals surface area contributed by atoms with Gasteiger partial charge in [-0.1, -0.05) is 0 Å². The number of non-ortho nitro benzene ring substituents is 1. The minimum Gasteiger partial charge on any atom is -0.325 e. The molecule has 0 aliphatic heterocycles. The summed E-state index contributed by atoms with van der Waals surface area (Å²) in [4.78, 5) is 20.7. The summed E-state index contributed by atoms with van der Waals surface area (Å²) >= 11 is 5.29. The van der Waals surface area contributed by atoms with Crippen LogP contribution < -0.4 is 5.32 Å². The largest absolute Gasteiger partial charge is 0.418 e. The number of amides is 1. The molecule has 0 aliphatic carbocycles. The molecule has 0 heterocycles. The van der Waals surface area contributed by atoms with E-state index in [1.165, 1.54) is 0 Å². The van der Waals surface area contributed by atoms with Crippen LogP contribution in [0.15, 0.2) is 18.2 Å². The molecule has 0 fully saturated rings. The molecule has 0 aliphatic rings. The first-order valence-electron chi connectivity index (χ1n) is 4.97. The fraction of sp³-hybridized carbons (Fsp3) is 0.300. The molecule has 0 radical (unpaired) electrons. The predicted molar refractivity (Wildman–Crippen MR) is 62.1 cm³/mol. The van der Waals surface area contributed by atoms with Gasteiger partial charge in [-0.05, 0) is 6.07 Å². The van der Waals surface area contributed by atoms with Gasteiger partial charge in [0.1, 0.15) is 0 Å². The lowest BCUT2D eigenvalue weighted by Gasteiger charge is -2.13. The first-order valence-corrected chi connectivity index (χ1v) is 5.50. The molecule has 1 N–H and O–H groups in total. The third kappa shape index (κ3) is 4.09. The second kappa shape index (κ2) is 5.87. The smallest absolute Gasteiger partial charge is 0.325 e. The summed E-state index contributed by atoms with van der Waals surface area (Å²) in [5, 5.41) is 12.5. The number of hydrogen-bond donors (Lipinski definition) is 1. The van der Waals surface area contributed by atoms with Crippen molar-refractivity contribution in [3.63, 3.8) is 0 Å². The maximum Gasteiger partial charge on any atom is 0.418 e. The van der Waals surface area contributed by atoms with E-state index in [0.29, 0.717) is 6.07 Å². The third-order valence-corrected chi connectivity index (χ3v) is 2.30. The number of benzene rings is 1. The van der Waals surface area contributed by atoms with Crippen LogP contribution in [-0.4, -0.2) is 16.7 Å². The van der Waals surface area contributed by atoms with Crippen LogP contribution in [0, 0.1) is 10.1 Å². The SMILES string of the molecule is O=C(CCCl)Nc1ccc([N+](=O)[O-])cc1C(F)(F)F. The van der Waals surface area contributed by atoms with E-state index in [2.05, 4.69) is 0 Å². The van der Waals surface area contributed by atoms with Crippen molar-refractivity contribution < 1.29 is 22.9 Å². The highest BCUT2D eigenvalue weighted by atomic mass is 35.5. The average molecular weight is 297 g/mol. The molecule has 9 heteroatoms. The highest BCUT2D eigenvalue weighted by Crippen LogP contribution is 2.37. The van der Waals surface area contributed by atoms with Gasteiger partial charge in [-0.15, -0.1) is 11.6 Å². The highest BCUT2D eigenvalue weighted by molar-refractivity contribution is 6.19. The van der Waals surface area contributed by atoms with Crippen molar-refractivity contribution in [1.29, 1.82) is 0 Å². The topological polar surface area (TPSA) is 72.2 Å². The Labute approximate surface area is 110 Å². The number of nitro groups is 1. The Morgan fingerprint density at radius 1 is 1.42 bits per heavy atom. The zero-order valence-corrected chi connectivity index (χ0v) is 10.1. The number of anilines is 1. The van der Waals surface area contributed by atoms with Crippen LogP contribution in [0.1, 0.15) is 12.0 Å². The Hall–Kier alpha value is -1.83. The molecule has 1 aromatic rings. The number of nitrogens with one attached hydrogen (secondary N) is 1. The quantitative estimate of drug-likeness (QED) is 0.527. The molecule has 0 bridgehead atoms. The van der Waals surface area contributed by atoms with Gasteiger partial charge in [-0.2, -0.15) is 13.2 Å². The van der Waals surface area contributed by atoms with Gasteiger partial charge in [0.15, 0.2) is 0 Å².